The van der Waals surface area contributed by atoms with Crippen molar-refractivity contribution in [2.24, 2.45) is 5.92 Å². The van der Waals surface area contributed by atoms with Crippen LogP contribution in [0, 0.1) is 5.92 Å². The Bertz CT molecular complexity index is 1260. The first kappa shape index (κ1) is 26.0. The van der Waals surface area contributed by atoms with Gasteiger partial charge in [0.2, 0.25) is 11.8 Å². The maximum atomic E-state index is 13.8. The lowest BCUT2D eigenvalue weighted by Gasteiger charge is -2.45. The van der Waals surface area contributed by atoms with Crippen molar-refractivity contribution in [3.05, 3.63) is 94.0 Å². The first-order valence-corrected chi connectivity index (χ1v) is 13.0. The highest BCUT2D eigenvalue weighted by molar-refractivity contribution is 6.30. The molecule has 0 saturated heterocycles. The van der Waals surface area contributed by atoms with E-state index in [9.17, 15) is 9.59 Å². The number of hydrogen-bond donors (Lipinski definition) is 1. The van der Waals surface area contributed by atoms with E-state index in [1.54, 1.807) is 18.0 Å². The molecule has 0 bridgehead atoms. The lowest BCUT2D eigenvalue weighted by molar-refractivity contribution is -0.128. The fourth-order valence-electron chi connectivity index (χ4n) is 5.51. The summed E-state index contributed by atoms with van der Waals surface area (Å²) in [5.74, 6) is -0.323. The molecule has 3 aromatic carbocycles. The zero-order chi connectivity index (χ0) is 26.2. The lowest BCUT2D eigenvalue weighted by atomic mass is 9.63. The number of rotatable bonds is 6. The number of carbonyl (C=O) groups excluding carboxylic acids is 2. The van der Waals surface area contributed by atoms with Crippen molar-refractivity contribution < 1.29 is 9.59 Å². The van der Waals surface area contributed by atoms with Gasteiger partial charge in [-0.25, -0.2) is 0 Å². The summed E-state index contributed by atoms with van der Waals surface area (Å²) in [4.78, 5) is 29.1. The first-order valence-electron chi connectivity index (χ1n) is 12.6. The second-order valence-corrected chi connectivity index (χ2v) is 11.0. The van der Waals surface area contributed by atoms with E-state index in [4.69, 9.17) is 11.6 Å². The fourth-order valence-corrected chi connectivity index (χ4v) is 5.68. The minimum Gasteiger partial charge on any atom is -0.326 e. The van der Waals surface area contributed by atoms with Gasteiger partial charge in [-0.2, -0.15) is 0 Å². The highest BCUT2D eigenvalue weighted by Crippen LogP contribution is 2.49. The van der Waals surface area contributed by atoms with E-state index in [1.165, 1.54) is 0 Å². The van der Waals surface area contributed by atoms with Crippen LogP contribution in [0.1, 0.15) is 75.1 Å². The Morgan fingerprint density at radius 2 is 1.58 bits per heavy atom. The van der Waals surface area contributed by atoms with Crippen LogP contribution in [0.5, 0.6) is 0 Å². The first-order chi connectivity index (χ1) is 17.1. The molecule has 0 aromatic heterocycles. The Labute approximate surface area is 219 Å². The number of para-hydroxylation sites is 1. The summed E-state index contributed by atoms with van der Waals surface area (Å²) in [7, 11) is 1.77. The molecule has 0 radical (unpaired) electrons. The Kier molecular flexibility index (Phi) is 7.28. The molecule has 36 heavy (non-hydrogen) atoms. The van der Waals surface area contributed by atoms with Gasteiger partial charge in [0.15, 0.2) is 0 Å². The summed E-state index contributed by atoms with van der Waals surface area (Å²) in [5.41, 5.74) is 5.11. The Morgan fingerprint density at radius 1 is 0.972 bits per heavy atom. The molecule has 4 rings (SSSR count). The molecule has 0 saturated carbocycles. The van der Waals surface area contributed by atoms with Crippen molar-refractivity contribution in [3.63, 3.8) is 0 Å². The number of nitrogens with zero attached hydrogens (tertiary/aromatic N) is 1. The van der Waals surface area contributed by atoms with E-state index in [2.05, 4.69) is 52.1 Å². The van der Waals surface area contributed by atoms with Gasteiger partial charge in [-0.05, 0) is 52.3 Å². The molecule has 1 aliphatic rings. The van der Waals surface area contributed by atoms with Crippen molar-refractivity contribution in [3.8, 4) is 0 Å². The maximum Gasteiger partial charge on any atom is 0.231 e. The Morgan fingerprint density at radius 3 is 2.17 bits per heavy atom. The predicted molar refractivity (Wildman–Crippen MR) is 149 cm³/mol. The zero-order valence-corrected chi connectivity index (χ0v) is 22.7. The van der Waals surface area contributed by atoms with Crippen molar-refractivity contribution in [1.82, 2.24) is 0 Å². The van der Waals surface area contributed by atoms with Gasteiger partial charge in [0.1, 0.15) is 0 Å². The number of anilines is 2. The zero-order valence-electron chi connectivity index (χ0n) is 21.9. The monoisotopic (exact) mass is 502 g/mol. The van der Waals surface area contributed by atoms with Crippen LogP contribution >= 0.6 is 11.6 Å². The molecule has 3 aromatic rings. The van der Waals surface area contributed by atoms with Crippen molar-refractivity contribution in [2.75, 3.05) is 17.3 Å². The molecule has 0 aliphatic carbocycles. The molecule has 2 atom stereocenters. The SMILES string of the molecule is CC(C)c1cccc(C(C)C)c1NC(=O)CC1C(=O)N(C)c2ccc(Cl)cc2C1(C)c1ccccc1. The summed E-state index contributed by atoms with van der Waals surface area (Å²) in [6.45, 7) is 10.6. The average Bonchev–Trinajstić information content (AvgIpc) is 2.85. The normalized spacial score (nSPS) is 19.5. The van der Waals surface area contributed by atoms with Gasteiger partial charge < -0.3 is 10.2 Å². The van der Waals surface area contributed by atoms with Crippen LogP contribution in [-0.2, 0) is 15.0 Å². The van der Waals surface area contributed by atoms with Gasteiger partial charge >= 0.3 is 0 Å². The molecule has 188 valence electrons. The van der Waals surface area contributed by atoms with Gasteiger partial charge in [-0.3, -0.25) is 9.59 Å². The topological polar surface area (TPSA) is 49.4 Å². The molecular weight excluding hydrogens is 468 g/mol. The Balaban J connectivity index is 1.78. The standard InChI is InChI=1S/C31H35ClN2O2/c1-19(2)23-13-10-14-24(20(3)4)29(23)33-28(35)18-26-30(36)34(6)27-16-15-22(32)17-25(27)31(26,5)21-11-8-7-9-12-21/h7-17,19-20,26H,18H2,1-6H3,(H,33,35). The molecule has 1 N–H and O–H groups in total. The van der Waals surface area contributed by atoms with Crippen molar-refractivity contribution in [1.29, 1.82) is 0 Å². The number of halogens is 1. The molecule has 1 heterocycles. The van der Waals surface area contributed by atoms with E-state index >= 15 is 0 Å². The number of benzene rings is 3. The van der Waals surface area contributed by atoms with Crippen LogP contribution in [0.25, 0.3) is 0 Å². The van der Waals surface area contributed by atoms with E-state index < -0.39 is 11.3 Å². The summed E-state index contributed by atoms with van der Waals surface area (Å²) < 4.78 is 0. The predicted octanol–water partition coefficient (Wildman–Crippen LogP) is 7.51. The van der Waals surface area contributed by atoms with Crippen LogP contribution < -0.4 is 10.2 Å². The van der Waals surface area contributed by atoms with Crippen LogP contribution in [0.3, 0.4) is 0 Å². The molecule has 2 amide bonds. The highest BCUT2D eigenvalue weighted by atomic mass is 35.5. The molecule has 5 heteroatoms. The van der Waals surface area contributed by atoms with E-state index in [0.29, 0.717) is 5.02 Å². The van der Waals surface area contributed by atoms with Gasteiger partial charge in [-0.1, -0.05) is 94.8 Å². The minimum atomic E-state index is -0.721. The van der Waals surface area contributed by atoms with E-state index in [1.807, 2.05) is 48.5 Å². The molecule has 0 fully saturated rings. The van der Waals surface area contributed by atoms with E-state index in [0.717, 1.165) is 33.6 Å². The fraction of sp³-hybridized carbons (Fsp3) is 0.355. The number of nitrogens with one attached hydrogen (secondary N) is 1. The quantitative estimate of drug-likeness (QED) is 0.379. The average molecular weight is 503 g/mol. The van der Waals surface area contributed by atoms with Crippen molar-refractivity contribution in [2.45, 2.75) is 58.3 Å². The number of hydrogen-bond acceptors (Lipinski definition) is 2. The molecule has 2 unspecified atom stereocenters. The van der Waals surface area contributed by atoms with Gasteiger partial charge in [0.05, 0.1) is 5.92 Å². The largest absolute Gasteiger partial charge is 0.326 e. The van der Waals surface area contributed by atoms with Crippen LogP contribution in [-0.4, -0.2) is 18.9 Å². The van der Waals surface area contributed by atoms with Crippen molar-refractivity contribution >= 4 is 34.8 Å². The third-order valence-corrected chi connectivity index (χ3v) is 7.84. The minimum absolute atomic E-state index is 0.0600. The van der Waals surface area contributed by atoms with Crippen LogP contribution in [0.2, 0.25) is 5.02 Å². The summed E-state index contributed by atoms with van der Waals surface area (Å²) in [6, 6.07) is 21.8. The molecule has 0 spiro atoms. The third-order valence-electron chi connectivity index (χ3n) is 7.61. The van der Waals surface area contributed by atoms with Crippen LogP contribution in [0.15, 0.2) is 66.7 Å². The van der Waals surface area contributed by atoms with E-state index in [-0.39, 0.29) is 30.1 Å². The molecule has 1 aliphatic heterocycles. The number of amides is 2. The molecule has 4 nitrogen and oxygen atoms in total. The second-order valence-electron chi connectivity index (χ2n) is 10.6. The second kappa shape index (κ2) is 10.1. The van der Waals surface area contributed by atoms with Crippen LogP contribution in [0.4, 0.5) is 11.4 Å². The third kappa shape index (κ3) is 4.55. The highest BCUT2D eigenvalue weighted by Gasteiger charge is 2.49. The smallest absolute Gasteiger partial charge is 0.231 e. The van der Waals surface area contributed by atoms with Gasteiger partial charge in [-0.15, -0.1) is 0 Å². The lowest BCUT2D eigenvalue weighted by Crippen LogP contribution is -2.51. The maximum absolute atomic E-state index is 13.8. The number of fused-ring (bicyclic) bond motifs is 1. The summed E-state index contributed by atoms with van der Waals surface area (Å²) in [6.07, 6.45) is 0.0600. The molecular formula is C31H35ClN2O2. The summed E-state index contributed by atoms with van der Waals surface area (Å²) in [5, 5.41) is 3.82. The summed E-state index contributed by atoms with van der Waals surface area (Å²) >= 11 is 6.45. The Hall–Kier alpha value is -3.11. The van der Waals surface area contributed by atoms with Gasteiger partial charge in [0.25, 0.3) is 0 Å². The van der Waals surface area contributed by atoms with Gasteiger partial charge in [0, 0.05) is 35.3 Å². The number of carbonyl (C=O) groups is 2.